The predicted molar refractivity (Wildman–Crippen MR) is 86.6 cm³/mol. The molecule has 0 aliphatic heterocycles. The standard InChI is InChI=1S/C14H19Cl2N5O/c1-4-20-10(3)11(8-18-20)14(22)17-6-5-7-21-13(16)12(15)9(2)19-21/h8H,4-7H2,1-3H3,(H,17,22). The first kappa shape index (κ1) is 16.8. The minimum Gasteiger partial charge on any atom is -0.352 e. The smallest absolute Gasteiger partial charge is 0.254 e. The third kappa shape index (κ3) is 3.44. The molecule has 2 heterocycles. The van der Waals surface area contributed by atoms with Crippen LogP contribution < -0.4 is 5.32 Å². The van der Waals surface area contributed by atoms with Gasteiger partial charge in [0.2, 0.25) is 0 Å². The van der Waals surface area contributed by atoms with Gasteiger partial charge in [-0.05, 0) is 27.2 Å². The summed E-state index contributed by atoms with van der Waals surface area (Å²) in [5.74, 6) is -0.113. The van der Waals surface area contributed by atoms with Gasteiger partial charge in [-0.1, -0.05) is 23.2 Å². The summed E-state index contributed by atoms with van der Waals surface area (Å²) in [6, 6.07) is 0. The van der Waals surface area contributed by atoms with Gasteiger partial charge in [-0.15, -0.1) is 0 Å². The number of nitrogens with zero attached hydrogens (tertiary/aromatic N) is 4. The van der Waals surface area contributed by atoms with Crippen molar-refractivity contribution in [1.82, 2.24) is 24.9 Å². The van der Waals surface area contributed by atoms with Gasteiger partial charge in [-0.3, -0.25) is 14.2 Å². The van der Waals surface area contributed by atoms with E-state index >= 15 is 0 Å². The van der Waals surface area contributed by atoms with Gasteiger partial charge < -0.3 is 5.32 Å². The lowest BCUT2D eigenvalue weighted by Gasteiger charge is -2.06. The van der Waals surface area contributed by atoms with Crippen LogP contribution >= 0.6 is 23.2 Å². The van der Waals surface area contributed by atoms with Crippen LogP contribution in [0.2, 0.25) is 10.2 Å². The second-order valence-corrected chi connectivity index (χ2v) is 5.72. The minimum absolute atomic E-state index is 0.113. The molecule has 0 saturated heterocycles. The van der Waals surface area contributed by atoms with E-state index in [9.17, 15) is 4.79 Å². The monoisotopic (exact) mass is 343 g/mol. The summed E-state index contributed by atoms with van der Waals surface area (Å²) in [7, 11) is 0. The molecular formula is C14H19Cl2N5O. The van der Waals surface area contributed by atoms with Crippen LogP contribution in [-0.2, 0) is 13.1 Å². The van der Waals surface area contributed by atoms with Crippen molar-refractivity contribution in [1.29, 1.82) is 0 Å². The lowest BCUT2D eigenvalue weighted by Crippen LogP contribution is -2.25. The van der Waals surface area contributed by atoms with E-state index in [4.69, 9.17) is 23.2 Å². The highest BCUT2D eigenvalue weighted by Crippen LogP contribution is 2.24. The number of aromatic nitrogens is 4. The summed E-state index contributed by atoms with van der Waals surface area (Å²) in [5, 5.41) is 12.2. The van der Waals surface area contributed by atoms with E-state index in [-0.39, 0.29) is 5.91 Å². The third-order valence-corrected chi connectivity index (χ3v) is 4.41. The summed E-state index contributed by atoms with van der Waals surface area (Å²) >= 11 is 12.0. The Hall–Kier alpha value is -1.53. The van der Waals surface area contributed by atoms with E-state index in [1.807, 2.05) is 13.8 Å². The van der Waals surface area contributed by atoms with Crippen molar-refractivity contribution in [3.8, 4) is 0 Å². The van der Waals surface area contributed by atoms with Crippen LogP contribution in [0, 0.1) is 13.8 Å². The fourth-order valence-corrected chi connectivity index (χ4v) is 2.59. The number of nitrogens with one attached hydrogen (secondary N) is 1. The van der Waals surface area contributed by atoms with Crippen LogP contribution in [0.3, 0.4) is 0 Å². The minimum atomic E-state index is -0.113. The van der Waals surface area contributed by atoms with Gasteiger partial charge in [0.05, 0.1) is 17.5 Å². The summed E-state index contributed by atoms with van der Waals surface area (Å²) in [4.78, 5) is 12.1. The molecule has 0 spiro atoms. The maximum atomic E-state index is 12.1. The number of aryl methyl sites for hydroxylation is 3. The highest BCUT2D eigenvalue weighted by molar-refractivity contribution is 6.41. The van der Waals surface area contributed by atoms with Gasteiger partial charge in [0.1, 0.15) is 10.2 Å². The van der Waals surface area contributed by atoms with Crippen LogP contribution in [0.15, 0.2) is 6.20 Å². The molecule has 1 amide bonds. The number of carbonyl (C=O) groups excluding carboxylic acids is 1. The lowest BCUT2D eigenvalue weighted by molar-refractivity contribution is 0.0952. The van der Waals surface area contributed by atoms with Crippen LogP contribution in [-0.4, -0.2) is 32.0 Å². The maximum Gasteiger partial charge on any atom is 0.254 e. The van der Waals surface area contributed by atoms with Crippen molar-refractivity contribution in [3.05, 3.63) is 33.3 Å². The second-order valence-electron chi connectivity index (χ2n) is 4.98. The molecule has 2 aromatic heterocycles. The highest BCUT2D eigenvalue weighted by atomic mass is 35.5. The number of amides is 1. The van der Waals surface area contributed by atoms with E-state index in [1.165, 1.54) is 0 Å². The molecule has 0 atom stereocenters. The number of rotatable bonds is 6. The average molecular weight is 344 g/mol. The van der Waals surface area contributed by atoms with E-state index in [0.29, 0.717) is 40.9 Å². The number of hydrogen-bond acceptors (Lipinski definition) is 3. The molecule has 0 unspecified atom stereocenters. The molecule has 1 N–H and O–H groups in total. The molecular weight excluding hydrogens is 325 g/mol. The van der Waals surface area contributed by atoms with E-state index in [0.717, 1.165) is 12.2 Å². The van der Waals surface area contributed by atoms with Crippen molar-refractivity contribution in [2.75, 3.05) is 6.54 Å². The molecule has 2 rings (SSSR count). The Bertz CT molecular complexity index is 677. The van der Waals surface area contributed by atoms with Crippen LogP contribution in [0.25, 0.3) is 0 Å². The topological polar surface area (TPSA) is 64.7 Å². The molecule has 2 aromatic rings. The first-order valence-corrected chi connectivity index (χ1v) is 7.90. The molecule has 0 aliphatic carbocycles. The highest BCUT2D eigenvalue weighted by Gasteiger charge is 2.13. The van der Waals surface area contributed by atoms with Crippen LogP contribution in [0.4, 0.5) is 0 Å². The third-order valence-electron chi connectivity index (χ3n) is 3.48. The largest absolute Gasteiger partial charge is 0.352 e. The fraction of sp³-hybridized carbons (Fsp3) is 0.500. The molecule has 0 aliphatic rings. The normalized spacial score (nSPS) is 11.0. The Morgan fingerprint density at radius 2 is 2.05 bits per heavy atom. The van der Waals surface area contributed by atoms with Crippen molar-refractivity contribution < 1.29 is 4.79 Å². The second kappa shape index (κ2) is 7.15. The molecule has 0 bridgehead atoms. The van der Waals surface area contributed by atoms with Crippen LogP contribution in [0.5, 0.6) is 0 Å². The van der Waals surface area contributed by atoms with Gasteiger partial charge in [0, 0.05) is 25.3 Å². The molecule has 0 saturated carbocycles. The van der Waals surface area contributed by atoms with Gasteiger partial charge in [0.25, 0.3) is 5.91 Å². The van der Waals surface area contributed by atoms with E-state index in [1.54, 1.807) is 22.5 Å². The Kier molecular flexibility index (Phi) is 5.47. The molecule has 0 fully saturated rings. The van der Waals surface area contributed by atoms with Crippen molar-refractivity contribution in [2.24, 2.45) is 0 Å². The van der Waals surface area contributed by atoms with Gasteiger partial charge in [-0.2, -0.15) is 10.2 Å². The Balaban J connectivity index is 1.84. The first-order chi connectivity index (χ1) is 10.5. The SMILES string of the molecule is CCn1ncc(C(=O)NCCCn2nc(C)c(Cl)c2Cl)c1C. The Labute approximate surface area is 139 Å². The Morgan fingerprint density at radius 1 is 1.32 bits per heavy atom. The fourth-order valence-electron chi connectivity index (χ4n) is 2.19. The zero-order valence-electron chi connectivity index (χ0n) is 12.9. The first-order valence-electron chi connectivity index (χ1n) is 7.14. The molecule has 120 valence electrons. The summed E-state index contributed by atoms with van der Waals surface area (Å²) in [5.41, 5.74) is 2.19. The maximum absolute atomic E-state index is 12.1. The van der Waals surface area contributed by atoms with Crippen molar-refractivity contribution in [2.45, 2.75) is 40.3 Å². The van der Waals surface area contributed by atoms with E-state index < -0.39 is 0 Å². The molecule has 6 nitrogen and oxygen atoms in total. The molecule has 0 aromatic carbocycles. The molecule has 22 heavy (non-hydrogen) atoms. The number of hydrogen-bond donors (Lipinski definition) is 1. The number of carbonyl (C=O) groups is 1. The quantitative estimate of drug-likeness (QED) is 0.820. The number of halogens is 2. The van der Waals surface area contributed by atoms with Crippen molar-refractivity contribution in [3.63, 3.8) is 0 Å². The Morgan fingerprint density at radius 3 is 2.59 bits per heavy atom. The van der Waals surface area contributed by atoms with Crippen LogP contribution in [0.1, 0.15) is 35.1 Å². The summed E-state index contributed by atoms with van der Waals surface area (Å²) in [6.07, 6.45) is 2.31. The summed E-state index contributed by atoms with van der Waals surface area (Å²) in [6.45, 7) is 7.56. The average Bonchev–Trinajstić information content (AvgIpc) is 2.99. The van der Waals surface area contributed by atoms with Gasteiger partial charge in [0.15, 0.2) is 0 Å². The van der Waals surface area contributed by atoms with E-state index in [2.05, 4.69) is 15.5 Å². The van der Waals surface area contributed by atoms with Gasteiger partial charge >= 0.3 is 0 Å². The summed E-state index contributed by atoms with van der Waals surface area (Å²) < 4.78 is 3.44. The molecule has 0 radical (unpaired) electrons. The zero-order chi connectivity index (χ0) is 16.3. The van der Waals surface area contributed by atoms with Gasteiger partial charge in [-0.25, -0.2) is 0 Å². The van der Waals surface area contributed by atoms with Crippen molar-refractivity contribution >= 4 is 29.1 Å². The lowest BCUT2D eigenvalue weighted by atomic mass is 10.2. The zero-order valence-corrected chi connectivity index (χ0v) is 14.4. The molecule has 8 heteroatoms. The predicted octanol–water partition coefficient (Wildman–Crippen LogP) is 2.84.